The molecular weight excluding hydrogens is 254 g/mol. The number of hydrogen-bond acceptors (Lipinski definition) is 4. The zero-order valence-electron chi connectivity index (χ0n) is 10.7. The van der Waals surface area contributed by atoms with Crippen molar-refractivity contribution in [2.24, 2.45) is 5.14 Å². The molecular formula is C11H21N3O3S. The Morgan fingerprint density at radius 1 is 1.33 bits per heavy atom. The molecule has 2 rings (SSSR count). The first kappa shape index (κ1) is 13.8. The summed E-state index contributed by atoms with van der Waals surface area (Å²) in [4.78, 5) is 15.9. The molecule has 0 saturated carbocycles. The zero-order valence-corrected chi connectivity index (χ0v) is 11.5. The van der Waals surface area contributed by atoms with E-state index in [0.29, 0.717) is 0 Å². The van der Waals surface area contributed by atoms with Crippen LogP contribution in [0.1, 0.15) is 26.2 Å². The Kier molecular flexibility index (Phi) is 3.93. The van der Waals surface area contributed by atoms with Gasteiger partial charge in [-0.25, -0.2) is 13.6 Å². The van der Waals surface area contributed by atoms with E-state index < -0.39 is 15.3 Å². The fraction of sp³-hybridized carbons (Fsp3) is 0.909. The molecule has 18 heavy (non-hydrogen) atoms. The molecule has 2 heterocycles. The van der Waals surface area contributed by atoms with E-state index in [-0.39, 0.29) is 24.9 Å². The maximum atomic E-state index is 11.9. The molecule has 1 amide bonds. The summed E-state index contributed by atoms with van der Waals surface area (Å²) in [5, 5.41) is 4.41. The number of rotatable bonds is 3. The van der Waals surface area contributed by atoms with Crippen molar-refractivity contribution >= 4 is 15.9 Å². The van der Waals surface area contributed by atoms with Gasteiger partial charge >= 0.3 is 0 Å². The Labute approximate surface area is 108 Å². The Balaban J connectivity index is 1.97. The average Bonchev–Trinajstić information content (AvgIpc) is 2.71. The highest BCUT2D eigenvalue weighted by Crippen LogP contribution is 2.24. The van der Waals surface area contributed by atoms with Gasteiger partial charge < -0.3 is 9.80 Å². The molecule has 2 aliphatic heterocycles. The second-order valence-corrected chi connectivity index (χ2v) is 6.97. The minimum Gasteiger partial charge on any atom is -0.338 e. The summed E-state index contributed by atoms with van der Waals surface area (Å²) in [6.07, 6.45) is 1.90. The van der Waals surface area contributed by atoms with E-state index in [1.165, 1.54) is 0 Å². The van der Waals surface area contributed by atoms with Crippen LogP contribution in [0.4, 0.5) is 0 Å². The Morgan fingerprint density at radius 3 is 2.39 bits per heavy atom. The van der Waals surface area contributed by atoms with Gasteiger partial charge in [0.05, 0.1) is 0 Å². The van der Waals surface area contributed by atoms with Gasteiger partial charge in [-0.3, -0.25) is 4.79 Å². The third-order valence-corrected chi connectivity index (χ3v) is 5.28. The molecule has 0 aromatic heterocycles. The number of nitrogens with zero attached hydrogens (tertiary/aromatic N) is 2. The highest BCUT2D eigenvalue weighted by Gasteiger charge is 2.40. The van der Waals surface area contributed by atoms with Gasteiger partial charge in [0.25, 0.3) is 0 Å². The highest BCUT2D eigenvalue weighted by molar-refractivity contribution is 7.89. The van der Waals surface area contributed by atoms with Gasteiger partial charge in [0.2, 0.25) is 15.9 Å². The largest absolute Gasteiger partial charge is 0.338 e. The third-order valence-electron chi connectivity index (χ3n) is 4.03. The molecule has 2 saturated heterocycles. The molecule has 1 atom stereocenters. The van der Waals surface area contributed by atoms with Gasteiger partial charge in [0, 0.05) is 32.1 Å². The van der Waals surface area contributed by atoms with Gasteiger partial charge in [0.1, 0.15) is 5.25 Å². The summed E-state index contributed by atoms with van der Waals surface area (Å²) in [5.74, 6) is -0.0658. The van der Waals surface area contributed by atoms with Crippen molar-refractivity contribution in [3.8, 4) is 0 Å². The number of sulfonamides is 1. The topological polar surface area (TPSA) is 83.7 Å². The van der Waals surface area contributed by atoms with Crippen LogP contribution in [-0.4, -0.2) is 61.6 Å². The van der Waals surface area contributed by atoms with Crippen molar-refractivity contribution in [3.05, 3.63) is 0 Å². The number of nitrogens with two attached hydrogens (primary N) is 1. The predicted octanol–water partition coefficient (Wildman–Crippen LogP) is -0.640. The quantitative estimate of drug-likeness (QED) is 0.742. The second kappa shape index (κ2) is 5.14. The minimum atomic E-state index is -3.60. The third kappa shape index (κ3) is 2.84. The van der Waals surface area contributed by atoms with Crippen molar-refractivity contribution in [3.63, 3.8) is 0 Å². The summed E-state index contributed by atoms with van der Waals surface area (Å²) >= 11 is 0. The number of carbonyl (C=O) groups is 1. The van der Waals surface area contributed by atoms with E-state index in [4.69, 9.17) is 5.14 Å². The lowest BCUT2D eigenvalue weighted by atomic mass is 10.0. The number of amides is 1. The van der Waals surface area contributed by atoms with Gasteiger partial charge in [0.15, 0.2) is 0 Å². The summed E-state index contributed by atoms with van der Waals surface area (Å²) < 4.78 is 22.6. The first-order valence-electron chi connectivity index (χ1n) is 6.45. The average molecular weight is 275 g/mol. The SMILES string of the molecule is CCN1CCC(N2CC(S(N)(=O)=O)CC2=O)CC1. The first-order chi connectivity index (χ1) is 8.41. The van der Waals surface area contributed by atoms with Crippen molar-refractivity contribution < 1.29 is 13.2 Å². The summed E-state index contributed by atoms with van der Waals surface area (Å²) in [7, 11) is -3.60. The molecule has 2 N–H and O–H groups in total. The fourth-order valence-electron chi connectivity index (χ4n) is 2.82. The highest BCUT2D eigenvalue weighted by atomic mass is 32.2. The number of likely N-dealkylation sites (tertiary alicyclic amines) is 2. The number of hydrogen-bond donors (Lipinski definition) is 1. The minimum absolute atomic E-state index is 0.0484. The number of carbonyl (C=O) groups excluding carboxylic acids is 1. The van der Waals surface area contributed by atoms with Crippen molar-refractivity contribution in [2.75, 3.05) is 26.2 Å². The van der Waals surface area contributed by atoms with E-state index in [1.807, 2.05) is 0 Å². The number of primary sulfonamides is 1. The van der Waals surface area contributed by atoms with E-state index >= 15 is 0 Å². The standard InChI is InChI=1S/C11H21N3O3S/c1-2-13-5-3-9(4-6-13)14-8-10(7-11(14)15)18(12,16)17/h9-10H,2-8H2,1H3,(H2,12,16,17). The molecule has 0 aromatic carbocycles. The van der Waals surface area contributed by atoms with E-state index in [1.54, 1.807) is 4.90 Å². The molecule has 6 nitrogen and oxygen atoms in total. The van der Waals surface area contributed by atoms with Crippen molar-refractivity contribution in [2.45, 2.75) is 37.5 Å². The molecule has 0 radical (unpaired) electrons. The molecule has 2 fully saturated rings. The molecule has 2 aliphatic rings. The van der Waals surface area contributed by atoms with E-state index in [0.717, 1.165) is 32.5 Å². The molecule has 0 bridgehead atoms. The lowest BCUT2D eigenvalue weighted by molar-refractivity contribution is -0.130. The summed E-state index contributed by atoms with van der Waals surface area (Å²) in [6, 6.07) is 0.187. The predicted molar refractivity (Wildman–Crippen MR) is 68.4 cm³/mol. The Bertz CT molecular complexity index is 415. The van der Waals surface area contributed by atoms with E-state index in [2.05, 4.69) is 11.8 Å². The van der Waals surface area contributed by atoms with Crippen LogP contribution in [0.5, 0.6) is 0 Å². The van der Waals surface area contributed by atoms with Crippen molar-refractivity contribution in [1.29, 1.82) is 0 Å². The van der Waals surface area contributed by atoms with E-state index in [9.17, 15) is 13.2 Å². The first-order valence-corrected chi connectivity index (χ1v) is 8.06. The Hall–Kier alpha value is -0.660. The summed E-state index contributed by atoms with van der Waals surface area (Å²) in [5.41, 5.74) is 0. The lowest BCUT2D eigenvalue weighted by Crippen LogP contribution is -2.46. The van der Waals surface area contributed by atoms with Crippen LogP contribution in [0.15, 0.2) is 0 Å². The van der Waals surface area contributed by atoms with Crippen molar-refractivity contribution in [1.82, 2.24) is 9.80 Å². The molecule has 0 aromatic rings. The molecule has 104 valence electrons. The monoisotopic (exact) mass is 275 g/mol. The van der Waals surface area contributed by atoms with Crippen LogP contribution in [-0.2, 0) is 14.8 Å². The lowest BCUT2D eigenvalue weighted by Gasteiger charge is -2.36. The van der Waals surface area contributed by atoms with Crippen LogP contribution in [0, 0.1) is 0 Å². The molecule has 0 aliphatic carbocycles. The van der Waals surface area contributed by atoms with Gasteiger partial charge in [-0.15, -0.1) is 0 Å². The van der Waals surface area contributed by atoms with Gasteiger partial charge in [-0.05, 0) is 19.4 Å². The smallest absolute Gasteiger partial charge is 0.224 e. The van der Waals surface area contributed by atoms with Crippen LogP contribution < -0.4 is 5.14 Å². The maximum absolute atomic E-state index is 11.9. The zero-order chi connectivity index (χ0) is 13.3. The molecule has 0 spiro atoms. The Morgan fingerprint density at radius 2 is 1.94 bits per heavy atom. The van der Waals surface area contributed by atoms with Crippen LogP contribution in [0.25, 0.3) is 0 Å². The second-order valence-electron chi connectivity index (χ2n) is 5.13. The van der Waals surface area contributed by atoms with Crippen LogP contribution in [0.3, 0.4) is 0 Å². The van der Waals surface area contributed by atoms with Gasteiger partial charge in [-0.1, -0.05) is 6.92 Å². The van der Waals surface area contributed by atoms with Gasteiger partial charge in [-0.2, -0.15) is 0 Å². The van der Waals surface area contributed by atoms with Crippen LogP contribution >= 0.6 is 0 Å². The molecule has 1 unspecified atom stereocenters. The van der Waals surface area contributed by atoms with Crippen LogP contribution in [0.2, 0.25) is 0 Å². The normalized spacial score (nSPS) is 28.0. The fourth-order valence-corrected chi connectivity index (χ4v) is 3.56. The maximum Gasteiger partial charge on any atom is 0.224 e. The molecule has 7 heteroatoms. The number of piperidine rings is 1. The summed E-state index contributed by atoms with van der Waals surface area (Å²) in [6.45, 7) is 5.38.